The lowest BCUT2D eigenvalue weighted by molar-refractivity contribution is -0.137. The van der Waals surface area contributed by atoms with Crippen molar-refractivity contribution in [1.29, 1.82) is 0 Å². The zero-order chi connectivity index (χ0) is 12.4. The lowest BCUT2D eigenvalue weighted by atomic mass is 10.0. The Balaban J connectivity index is 2.32. The van der Waals surface area contributed by atoms with E-state index in [2.05, 4.69) is 4.98 Å². The number of aromatic nitrogens is 1. The average molecular weight is 236 g/mol. The van der Waals surface area contributed by atoms with Gasteiger partial charge < -0.3 is 15.8 Å². The number of carbonyl (C=O) groups is 1. The van der Waals surface area contributed by atoms with Crippen LogP contribution in [0.15, 0.2) is 24.4 Å². The van der Waals surface area contributed by atoms with Crippen molar-refractivity contribution in [1.82, 2.24) is 4.98 Å². The minimum Gasteiger partial charge on any atom is -0.481 e. The van der Waals surface area contributed by atoms with Gasteiger partial charge in [0.1, 0.15) is 5.82 Å². The molecule has 0 fully saturated rings. The van der Waals surface area contributed by atoms with E-state index in [0.717, 1.165) is 0 Å². The number of fused-ring (bicyclic) bond motifs is 1. The fourth-order valence-corrected chi connectivity index (χ4v) is 1.89. The topological polar surface area (TPSA) is 79.1 Å². The van der Waals surface area contributed by atoms with Gasteiger partial charge in [-0.25, -0.2) is 4.39 Å². The Hall–Kier alpha value is -1.88. The third-order valence-corrected chi connectivity index (χ3v) is 2.75. The van der Waals surface area contributed by atoms with Gasteiger partial charge in [-0.15, -0.1) is 0 Å². The summed E-state index contributed by atoms with van der Waals surface area (Å²) in [6, 6.07) is 4.26. The molecule has 0 amide bonds. The number of halogens is 1. The molecule has 1 heterocycles. The molecule has 0 aliphatic rings. The molecule has 0 spiro atoms. The Morgan fingerprint density at radius 1 is 1.53 bits per heavy atom. The summed E-state index contributed by atoms with van der Waals surface area (Å²) in [7, 11) is 0. The fourth-order valence-electron chi connectivity index (χ4n) is 1.89. The van der Waals surface area contributed by atoms with Gasteiger partial charge in [-0.05, 0) is 24.1 Å². The van der Waals surface area contributed by atoms with Crippen molar-refractivity contribution in [2.45, 2.75) is 18.9 Å². The molecule has 0 saturated heterocycles. The number of nitrogens with one attached hydrogen (secondary N) is 1. The number of H-pyrrole nitrogens is 1. The smallest absolute Gasteiger partial charge is 0.303 e. The van der Waals surface area contributed by atoms with Crippen molar-refractivity contribution < 1.29 is 14.3 Å². The summed E-state index contributed by atoms with van der Waals surface area (Å²) in [6.07, 6.45) is 1.90. The van der Waals surface area contributed by atoms with Crippen molar-refractivity contribution in [3.8, 4) is 0 Å². The van der Waals surface area contributed by atoms with Crippen molar-refractivity contribution >= 4 is 16.9 Å². The van der Waals surface area contributed by atoms with Crippen LogP contribution in [-0.2, 0) is 4.79 Å². The van der Waals surface area contributed by atoms with E-state index in [9.17, 15) is 9.18 Å². The van der Waals surface area contributed by atoms with Crippen LogP contribution in [0.25, 0.3) is 10.9 Å². The highest BCUT2D eigenvalue weighted by Gasteiger charge is 2.15. The minimum atomic E-state index is -0.902. The number of benzene rings is 1. The minimum absolute atomic E-state index is 0.0255. The predicted octanol–water partition coefficient (Wildman–Crippen LogP) is 2.17. The fraction of sp³-hybridized carbons (Fsp3) is 0.250. The maximum atomic E-state index is 13.6. The number of aromatic amines is 1. The highest BCUT2D eigenvalue weighted by molar-refractivity contribution is 5.84. The van der Waals surface area contributed by atoms with Gasteiger partial charge in [-0.3, -0.25) is 4.79 Å². The normalized spacial score (nSPS) is 12.8. The van der Waals surface area contributed by atoms with Crippen LogP contribution in [-0.4, -0.2) is 16.1 Å². The van der Waals surface area contributed by atoms with Gasteiger partial charge >= 0.3 is 5.97 Å². The second kappa shape index (κ2) is 4.55. The van der Waals surface area contributed by atoms with Crippen LogP contribution in [0.1, 0.15) is 24.4 Å². The molecule has 0 aliphatic heterocycles. The van der Waals surface area contributed by atoms with E-state index in [4.69, 9.17) is 10.8 Å². The third-order valence-electron chi connectivity index (χ3n) is 2.75. The monoisotopic (exact) mass is 236 g/mol. The highest BCUT2D eigenvalue weighted by atomic mass is 19.1. The first-order valence-corrected chi connectivity index (χ1v) is 5.32. The molecule has 4 nitrogen and oxygen atoms in total. The molecule has 1 atom stereocenters. The van der Waals surface area contributed by atoms with E-state index in [1.165, 1.54) is 6.07 Å². The molecule has 0 bridgehead atoms. The molecule has 17 heavy (non-hydrogen) atoms. The van der Waals surface area contributed by atoms with Crippen LogP contribution in [0.5, 0.6) is 0 Å². The van der Waals surface area contributed by atoms with Gasteiger partial charge in [0.25, 0.3) is 0 Å². The molecule has 1 aromatic heterocycles. The molecular weight excluding hydrogens is 223 g/mol. The van der Waals surface area contributed by atoms with Gasteiger partial charge in [0.15, 0.2) is 0 Å². The second-order valence-electron chi connectivity index (χ2n) is 3.95. The number of hydrogen-bond acceptors (Lipinski definition) is 2. The molecule has 2 aromatic rings. The number of rotatable bonds is 4. The first-order valence-electron chi connectivity index (χ1n) is 5.32. The van der Waals surface area contributed by atoms with E-state index >= 15 is 0 Å². The van der Waals surface area contributed by atoms with Crippen LogP contribution in [0, 0.1) is 5.82 Å². The maximum absolute atomic E-state index is 13.6. The summed E-state index contributed by atoms with van der Waals surface area (Å²) in [6.45, 7) is 0. The van der Waals surface area contributed by atoms with Crippen LogP contribution in [0.2, 0.25) is 0 Å². The molecular formula is C12H13FN2O2. The van der Waals surface area contributed by atoms with E-state index < -0.39 is 12.0 Å². The molecule has 90 valence electrons. The van der Waals surface area contributed by atoms with Gasteiger partial charge in [0, 0.05) is 29.6 Å². The first kappa shape index (κ1) is 11.6. The van der Waals surface area contributed by atoms with Crippen molar-refractivity contribution in [3.05, 3.63) is 35.8 Å². The zero-order valence-corrected chi connectivity index (χ0v) is 9.11. The molecule has 5 heteroatoms. The zero-order valence-electron chi connectivity index (χ0n) is 9.11. The van der Waals surface area contributed by atoms with Gasteiger partial charge in [-0.1, -0.05) is 6.07 Å². The van der Waals surface area contributed by atoms with Crippen LogP contribution in [0.4, 0.5) is 4.39 Å². The summed E-state index contributed by atoms with van der Waals surface area (Å²) in [5.41, 5.74) is 7.17. The van der Waals surface area contributed by atoms with E-state index in [1.807, 2.05) is 0 Å². The molecule has 0 aliphatic carbocycles. The lowest BCUT2D eigenvalue weighted by Crippen LogP contribution is -2.12. The van der Waals surface area contributed by atoms with Crippen LogP contribution < -0.4 is 5.73 Å². The number of nitrogens with two attached hydrogens (primary N) is 1. The summed E-state index contributed by atoms with van der Waals surface area (Å²) in [5, 5.41) is 9.04. The Morgan fingerprint density at radius 3 is 3.00 bits per heavy atom. The third kappa shape index (κ3) is 2.29. The number of carboxylic acids is 1. The largest absolute Gasteiger partial charge is 0.481 e. The molecule has 1 unspecified atom stereocenters. The quantitative estimate of drug-likeness (QED) is 0.761. The van der Waals surface area contributed by atoms with Crippen molar-refractivity contribution in [2.75, 3.05) is 0 Å². The Labute approximate surface area is 97.2 Å². The molecule has 4 N–H and O–H groups in total. The van der Waals surface area contributed by atoms with Crippen LogP contribution >= 0.6 is 0 Å². The lowest BCUT2D eigenvalue weighted by Gasteiger charge is -2.09. The van der Waals surface area contributed by atoms with Gasteiger partial charge in [-0.2, -0.15) is 0 Å². The Kier molecular flexibility index (Phi) is 3.10. The first-order chi connectivity index (χ1) is 8.09. The summed E-state index contributed by atoms with van der Waals surface area (Å²) in [4.78, 5) is 13.4. The standard InChI is InChI=1S/C12H13FN2O2/c13-8-2-1-3-10-12(8)7(6-15-10)9(14)4-5-11(16)17/h1-3,6,9,15H,4-5,14H2,(H,16,17). The second-order valence-corrected chi connectivity index (χ2v) is 3.95. The summed E-state index contributed by atoms with van der Waals surface area (Å²) >= 11 is 0. The van der Waals surface area contributed by atoms with E-state index in [-0.39, 0.29) is 18.7 Å². The SMILES string of the molecule is NC(CCC(=O)O)c1c[nH]c2cccc(F)c12. The average Bonchev–Trinajstić information content (AvgIpc) is 2.71. The van der Waals surface area contributed by atoms with Crippen molar-refractivity contribution in [3.63, 3.8) is 0 Å². The van der Waals surface area contributed by atoms with Crippen molar-refractivity contribution in [2.24, 2.45) is 5.73 Å². The molecule has 2 rings (SSSR count). The van der Waals surface area contributed by atoms with Gasteiger partial charge in [0.2, 0.25) is 0 Å². The number of aliphatic carboxylic acids is 1. The molecule has 0 saturated carbocycles. The Morgan fingerprint density at radius 2 is 2.29 bits per heavy atom. The Bertz CT molecular complexity index is 550. The van der Waals surface area contributed by atoms with E-state index in [0.29, 0.717) is 16.5 Å². The highest BCUT2D eigenvalue weighted by Crippen LogP contribution is 2.27. The summed E-state index contributed by atoms with van der Waals surface area (Å²) in [5.74, 6) is -1.25. The molecule has 0 radical (unpaired) electrons. The van der Waals surface area contributed by atoms with E-state index in [1.54, 1.807) is 18.3 Å². The number of hydrogen-bond donors (Lipinski definition) is 3. The van der Waals surface area contributed by atoms with Crippen LogP contribution in [0.3, 0.4) is 0 Å². The maximum Gasteiger partial charge on any atom is 0.303 e. The molecule has 1 aromatic carbocycles. The summed E-state index contributed by atoms with van der Waals surface area (Å²) < 4.78 is 13.6. The number of carboxylic acid groups (broad SMARTS) is 1. The predicted molar refractivity (Wildman–Crippen MR) is 62.1 cm³/mol. The van der Waals surface area contributed by atoms with Gasteiger partial charge in [0.05, 0.1) is 0 Å².